The molecule has 0 aliphatic carbocycles. The van der Waals surface area contributed by atoms with Crippen LogP contribution in [0.2, 0.25) is 0 Å². The first kappa shape index (κ1) is 14.6. The van der Waals surface area contributed by atoms with Gasteiger partial charge in [0.2, 0.25) is 0 Å². The van der Waals surface area contributed by atoms with Gasteiger partial charge in [0, 0.05) is 28.5 Å². The maximum Gasteiger partial charge on any atom is 0.251 e. The number of nitriles is 1. The fourth-order valence-corrected chi connectivity index (χ4v) is 3.30. The number of hydrogen-bond acceptors (Lipinski definition) is 4. The largest absolute Gasteiger partial charge is 0.351 e. The van der Waals surface area contributed by atoms with Gasteiger partial charge >= 0.3 is 0 Å². The van der Waals surface area contributed by atoms with Crippen molar-refractivity contribution in [2.45, 2.75) is 5.75 Å². The second kappa shape index (κ2) is 7.73. The molecule has 0 unspecified atom stereocenters. The van der Waals surface area contributed by atoms with E-state index in [0.717, 1.165) is 11.5 Å². The molecule has 0 aliphatic heterocycles. The Morgan fingerprint density at radius 2 is 2.10 bits per heavy atom. The van der Waals surface area contributed by atoms with Crippen LogP contribution in [0.25, 0.3) is 0 Å². The van der Waals surface area contributed by atoms with Gasteiger partial charge in [-0.2, -0.15) is 17.0 Å². The summed E-state index contributed by atoms with van der Waals surface area (Å²) in [6.07, 6.45) is 0. The van der Waals surface area contributed by atoms with Gasteiger partial charge in [-0.3, -0.25) is 4.79 Å². The molecule has 1 N–H and O–H groups in total. The molecule has 1 heterocycles. The maximum atomic E-state index is 11.8. The smallest absolute Gasteiger partial charge is 0.251 e. The van der Waals surface area contributed by atoms with Crippen molar-refractivity contribution in [1.82, 2.24) is 5.32 Å². The van der Waals surface area contributed by atoms with Gasteiger partial charge in [0.1, 0.15) is 0 Å². The van der Waals surface area contributed by atoms with Crippen molar-refractivity contribution in [2.24, 2.45) is 0 Å². The van der Waals surface area contributed by atoms with Gasteiger partial charge < -0.3 is 5.32 Å². The lowest BCUT2D eigenvalue weighted by Gasteiger charge is -2.05. The molecule has 1 amide bonds. The first-order valence-electron chi connectivity index (χ1n) is 6.18. The zero-order valence-electron chi connectivity index (χ0n) is 10.8. The van der Waals surface area contributed by atoms with E-state index < -0.39 is 0 Å². The molecule has 2 rings (SSSR count). The number of amides is 1. The van der Waals surface area contributed by atoms with Gasteiger partial charge in [0.15, 0.2) is 0 Å². The minimum Gasteiger partial charge on any atom is -0.351 e. The zero-order valence-corrected chi connectivity index (χ0v) is 12.5. The molecule has 1 aromatic carbocycles. The van der Waals surface area contributed by atoms with Gasteiger partial charge in [-0.25, -0.2) is 0 Å². The summed E-state index contributed by atoms with van der Waals surface area (Å²) < 4.78 is 0. The second-order valence-electron chi connectivity index (χ2n) is 4.08. The highest BCUT2D eigenvalue weighted by Crippen LogP contribution is 2.16. The molecule has 3 nitrogen and oxygen atoms in total. The molecule has 102 valence electrons. The molecule has 0 aliphatic rings. The molecule has 0 atom stereocenters. The molecule has 5 heteroatoms. The summed E-state index contributed by atoms with van der Waals surface area (Å²) in [5.74, 6) is 1.79. The van der Waals surface area contributed by atoms with E-state index in [1.165, 1.54) is 4.88 Å². The van der Waals surface area contributed by atoms with E-state index in [2.05, 4.69) is 16.8 Å². The summed E-state index contributed by atoms with van der Waals surface area (Å²) in [5, 5.41) is 13.6. The Balaban J connectivity index is 1.68. The Morgan fingerprint density at radius 3 is 2.75 bits per heavy atom. The summed E-state index contributed by atoms with van der Waals surface area (Å²) >= 11 is 3.56. The SMILES string of the molecule is N#Cc1ccc(C(=O)NCCSCc2cccs2)cc1. The first-order valence-corrected chi connectivity index (χ1v) is 8.21. The van der Waals surface area contributed by atoms with E-state index in [1.54, 1.807) is 47.4 Å². The lowest BCUT2D eigenvalue weighted by molar-refractivity contribution is 0.0956. The van der Waals surface area contributed by atoms with Crippen LogP contribution < -0.4 is 5.32 Å². The molecule has 0 radical (unpaired) electrons. The number of thiophene rings is 1. The molecule has 0 saturated carbocycles. The maximum absolute atomic E-state index is 11.8. The summed E-state index contributed by atoms with van der Waals surface area (Å²) in [6.45, 7) is 0.648. The Hall–Kier alpha value is -1.77. The van der Waals surface area contributed by atoms with Crippen molar-refractivity contribution in [3.05, 3.63) is 57.8 Å². The number of nitrogens with zero attached hydrogens (tertiary/aromatic N) is 1. The first-order chi connectivity index (χ1) is 9.79. The molecule has 0 saturated heterocycles. The van der Waals surface area contributed by atoms with Crippen molar-refractivity contribution < 1.29 is 4.79 Å². The highest BCUT2D eigenvalue weighted by molar-refractivity contribution is 7.98. The Bertz CT molecular complexity index is 585. The number of rotatable bonds is 6. The van der Waals surface area contributed by atoms with Crippen molar-refractivity contribution in [3.63, 3.8) is 0 Å². The predicted octanol–water partition coefficient (Wildman–Crippen LogP) is 3.28. The lowest BCUT2D eigenvalue weighted by atomic mass is 10.1. The number of hydrogen-bond donors (Lipinski definition) is 1. The van der Waals surface area contributed by atoms with E-state index in [-0.39, 0.29) is 5.91 Å². The lowest BCUT2D eigenvalue weighted by Crippen LogP contribution is -2.25. The van der Waals surface area contributed by atoms with E-state index in [4.69, 9.17) is 5.26 Å². The van der Waals surface area contributed by atoms with Crippen LogP contribution in [0.4, 0.5) is 0 Å². The number of carbonyl (C=O) groups is 1. The summed E-state index contributed by atoms with van der Waals surface area (Å²) in [6, 6.07) is 12.9. The fraction of sp³-hybridized carbons (Fsp3) is 0.200. The van der Waals surface area contributed by atoms with E-state index in [1.807, 2.05) is 12.1 Å². The van der Waals surface area contributed by atoms with E-state index >= 15 is 0 Å². The van der Waals surface area contributed by atoms with Crippen molar-refractivity contribution >= 4 is 29.0 Å². The van der Waals surface area contributed by atoms with Gasteiger partial charge in [-0.05, 0) is 35.7 Å². The molecular weight excluding hydrogens is 288 g/mol. The van der Waals surface area contributed by atoms with Crippen LogP contribution in [0.15, 0.2) is 41.8 Å². The third kappa shape index (κ3) is 4.41. The van der Waals surface area contributed by atoms with Gasteiger partial charge in [-0.15, -0.1) is 11.3 Å². The summed E-state index contributed by atoms with van der Waals surface area (Å²) in [5.41, 5.74) is 1.15. The van der Waals surface area contributed by atoms with E-state index in [0.29, 0.717) is 17.7 Å². The Labute approximate surface area is 126 Å². The molecule has 0 bridgehead atoms. The molecule has 1 aromatic heterocycles. The van der Waals surface area contributed by atoms with Crippen LogP contribution in [0.3, 0.4) is 0 Å². The zero-order chi connectivity index (χ0) is 14.2. The van der Waals surface area contributed by atoms with Crippen molar-refractivity contribution in [1.29, 1.82) is 5.26 Å². The quantitative estimate of drug-likeness (QED) is 0.833. The van der Waals surface area contributed by atoms with Gasteiger partial charge in [-0.1, -0.05) is 6.07 Å². The fourth-order valence-electron chi connectivity index (χ4n) is 1.60. The standard InChI is InChI=1S/C15H14N2OS2/c16-10-12-3-5-13(6-4-12)15(18)17-7-9-19-11-14-2-1-8-20-14/h1-6,8H,7,9,11H2,(H,17,18). The summed E-state index contributed by atoms with van der Waals surface area (Å²) in [7, 11) is 0. The normalized spacial score (nSPS) is 9.95. The van der Waals surface area contributed by atoms with E-state index in [9.17, 15) is 4.79 Å². The topological polar surface area (TPSA) is 52.9 Å². The average Bonchev–Trinajstić information content (AvgIpc) is 3.00. The molecule has 0 spiro atoms. The highest BCUT2D eigenvalue weighted by atomic mass is 32.2. The highest BCUT2D eigenvalue weighted by Gasteiger charge is 2.04. The minimum atomic E-state index is -0.0915. The van der Waals surface area contributed by atoms with Crippen LogP contribution in [-0.2, 0) is 5.75 Å². The van der Waals surface area contributed by atoms with Crippen LogP contribution in [0.5, 0.6) is 0 Å². The number of benzene rings is 1. The number of nitrogens with one attached hydrogen (secondary N) is 1. The molecule has 0 fully saturated rings. The van der Waals surface area contributed by atoms with Gasteiger partial charge in [0.05, 0.1) is 11.6 Å². The molecule has 2 aromatic rings. The third-order valence-electron chi connectivity index (χ3n) is 2.63. The van der Waals surface area contributed by atoms with Crippen LogP contribution >= 0.6 is 23.1 Å². The predicted molar refractivity (Wildman–Crippen MR) is 84.0 cm³/mol. The van der Waals surface area contributed by atoms with Crippen molar-refractivity contribution in [2.75, 3.05) is 12.3 Å². The van der Waals surface area contributed by atoms with Crippen LogP contribution in [0.1, 0.15) is 20.8 Å². The Morgan fingerprint density at radius 1 is 1.30 bits per heavy atom. The van der Waals surface area contributed by atoms with Crippen molar-refractivity contribution in [3.8, 4) is 6.07 Å². The van der Waals surface area contributed by atoms with Crippen LogP contribution in [0, 0.1) is 11.3 Å². The minimum absolute atomic E-state index is 0.0915. The molecular formula is C15H14N2OS2. The molecule has 20 heavy (non-hydrogen) atoms. The monoisotopic (exact) mass is 302 g/mol. The third-order valence-corrected chi connectivity index (χ3v) is 4.70. The van der Waals surface area contributed by atoms with Gasteiger partial charge in [0.25, 0.3) is 5.91 Å². The van der Waals surface area contributed by atoms with Crippen LogP contribution in [-0.4, -0.2) is 18.2 Å². The number of thioether (sulfide) groups is 1. The second-order valence-corrected chi connectivity index (χ2v) is 6.21. The Kier molecular flexibility index (Phi) is 5.66. The summed E-state index contributed by atoms with van der Waals surface area (Å²) in [4.78, 5) is 13.2. The number of carbonyl (C=O) groups excluding carboxylic acids is 1. The average molecular weight is 302 g/mol.